The summed E-state index contributed by atoms with van der Waals surface area (Å²) in [4.78, 5) is 18.8. The quantitative estimate of drug-likeness (QED) is 0.797. The van der Waals surface area contributed by atoms with Crippen molar-refractivity contribution in [2.45, 2.75) is 32.7 Å². The Morgan fingerprint density at radius 2 is 1.95 bits per heavy atom. The van der Waals surface area contributed by atoms with Crippen LogP contribution in [0, 0.1) is 5.92 Å². The van der Waals surface area contributed by atoms with Crippen molar-refractivity contribution < 1.29 is 4.79 Å². The first kappa shape index (κ1) is 13.0. The summed E-state index contributed by atoms with van der Waals surface area (Å²) >= 11 is 0. The van der Waals surface area contributed by atoms with Gasteiger partial charge in [-0.1, -0.05) is 19.1 Å². The Balaban J connectivity index is 1.96. The van der Waals surface area contributed by atoms with Crippen molar-refractivity contribution in [2.75, 3.05) is 6.54 Å². The number of hydrogen-bond donors (Lipinski definition) is 0. The van der Waals surface area contributed by atoms with Crippen LogP contribution in [0.25, 0.3) is 11.0 Å². The second-order valence-electron chi connectivity index (χ2n) is 6.16. The van der Waals surface area contributed by atoms with E-state index in [4.69, 9.17) is 0 Å². The molecule has 3 rings (SSSR count). The topological polar surface area (TPSA) is 59.0 Å². The fourth-order valence-electron chi connectivity index (χ4n) is 3.04. The van der Waals surface area contributed by atoms with Crippen molar-refractivity contribution in [3.63, 3.8) is 0 Å². The van der Waals surface area contributed by atoms with E-state index in [1.165, 1.54) is 0 Å². The third kappa shape index (κ3) is 2.13. The molecule has 0 N–H and O–H groups in total. The Kier molecular flexibility index (Phi) is 2.92. The van der Waals surface area contributed by atoms with Gasteiger partial charge in [-0.2, -0.15) is 0 Å². The Hall–Kier alpha value is -2.04. The van der Waals surface area contributed by atoms with E-state index < -0.39 is 0 Å². The van der Waals surface area contributed by atoms with E-state index in [9.17, 15) is 4.79 Å². The van der Waals surface area contributed by atoms with Crippen LogP contribution in [0.5, 0.6) is 0 Å². The zero-order valence-electron chi connectivity index (χ0n) is 12.0. The number of amides is 1. The summed E-state index contributed by atoms with van der Waals surface area (Å²) in [5.74, 6) is 0.561. The lowest BCUT2D eigenvalue weighted by atomic mass is 9.97. The SMILES string of the molecule is C[C@@H]1CN(C(=O)c2nnc3ccccc3n2)C(C)(C)C1. The van der Waals surface area contributed by atoms with Gasteiger partial charge in [0.15, 0.2) is 0 Å². The van der Waals surface area contributed by atoms with Gasteiger partial charge in [-0.3, -0.25) is 4.79 Å². The Bertz CT molecular complexity index is 668. The van der Waals surface area contributed by atoms with Crippen molar-refractivity contribution in [3.05, 3.63) is 30.1 Å². The number of benzene rings is 1. The molecule has 0 spiro atoms. The number of nitrogens with zero attached hydrogens (tertiary/aromatic N) is 4. The maximum absolute atomic E-state index is 12.6. The number of carbonyl (C=O) groups is 1. The molecule has 1 aliphatic heterocycles. The monoisotopic (exact) mass is 270 g/mol. The minimum atomic E-state index is -0.147. The molecule has 0 radical (unpaired) electrons. The van der Waals surface area contributed by atoms with E-state index in [2.05, 4.69) is 36.0 Å². The first-order chi connectivity index (χ1) is 9.47. The van der Waals surface area contributed by atoms with Crippen LogP contribution in [0.3, 0.4) is 0 Å². The van der Waals surface area contributed by atoms with Gasteiger partial charge in [0.2, 0.25) is 5.82 Å². The van der Waals surface area contributed by atoms with Crippen molar-refractivity contribution in [3.8, 4) is 0 Å². The van der Waals surface area contributed by atoms with Gasteiger partial charge >= 0.3 is 0 Å². The second-order valence-corrected chi connectivity index (χ2v) is 6.16. The van der Waals surface area contributed by atoms with Gasteiger partial charge in [0, 0.05) is 12.1 Å². The predicted molar refractivity (Wildman–Crippen MR) is 76.2 cm³/mol. The molecule has 1 aromatic heterocycles. The fraction of sp³-hybridized carbons (Fsp3) is 0.467. The van der Waals surface area contributed by atoms with Crippen LogP contribution in [0.4, 0.5) is 0 Å². The maximum atomic E-state index is 12.6. The largest absolute Gasteiger partial charge is 0.330 e. The molecular weight excluding hydrogens is 252 g/mol. The summed E-state index contributed by atoms with van der Waals surface area (Å²) in [6.45, 7) is 7.09. The van der Waals surface area contributed by atoms with E-state index in [1.54, 1.807) is 0 Å². The third-order valence-corrected chi connectivity index (χ3v) is 3.87. The number of aromatic nitrogens is 3. The lowest BCUT2D eigenvalue weighted by Crippen LogP contribution is -2.43. The Labute approximate surface area is 118 Å². The van der Waals surface area contributed by atoms with Crippen LogP contribution in [0.2, 0.25) is 0 Å². The summed E-state index contributed by atoms with van der Waals surface area (Å²) in [5, 5.41) is 8.07. The molecule has 5 nitrogen and oxygen atoms in total. The third-order valence-electron chi connectivity index (χ3n) is 3.87. The molecule has 1 amide bonds. The molecule has 1 atom stereocenters. The minimum absolute atomic E-state index is 0.127. The highest BCUT2D eigenvalue weighted by Gasteiger charge is 2.40. The van der Waals surface area contributed by atoms with E-state index >= 15 is 0 Å². The molecule has 0 unspecified atom stereocenters. The zero-order valence-corrected chi connectivity index (χ0v) is 12.0. The molecule has 1 saturated heterocycles. The van der Waals surface area contributed by atoms with E-state index in [1.807, 2.05) is 29.2 Å². The first-order valence-corrected chi connectivity index (χ1v) is 6.89. The lowest BCUT2D eigenvalue weighted by Gasteiger charge is -2.30. The normalized spacial score (nSPS) is 21.4. The molecule has 0 saturated carbocycles. The molecule has 0 aliphatic carbocycles. The standard InChI is InChI=1S/C15H18N4O/c1-10-8-15(2,3)19(9-10)14(20)13-16-11-6-4-5-7-12(11)17-18-13/h4-7,10H,8-9H2,1-3H3/t10-/m0/s1. The molecule has 20 heavy (non-hydrogen) atoms. The number of para-hydroxylation sites is 1. The Morgan fingerprint density at radius 3 is 2.60 bits per heavy atom. The molecule has 2 heterocycles. The van der Waals surface area contributed by atoms with Gasteiger partial charge in [-0.05, 0) is 38.3 Å². The van der Waals surface area contributed by atoms with Gasteiger partial charge in [0.1, 0.15) is 5.52 Å². The minimum Gasteiger partial charge on any atom is -0.330 e. The van der Waals surface area contributed by atoms with Gasteiger partial charge < -0.3 is 4.90 Å². The summed E-state index contributed by atoms with van der Waals surface area (Å²) in [6, 6.07) is 7.45. The molecule has 2 aromatic rings. The number of likely N-dealkylation sites (tertiary alicyclic amines) is 1. The lowest BCUT2D eigenvalue weighted by molar-refractivity contribution is 0.0636. The van der Waals surface area contributed by atoms with Gasteiger partial charge in [0.05, 0.1) is 5.52 Å². The van der Waals surface area contributed by atoms with Crippen molar-refractivity contribution >= 4 is 16.9 Å². The van der Waals surface area contributed by atoms with Crippen molar-refractivity contribution in [1.29, 1.82) is 0 Å². The van der Waals surface area contributed by atoms with E-state index in [0.29, 0.717) is 17.0 Å². The highest BCUT2D eigenvalue weighted by atomic mass is 16.2. The highest BCUT2D eigenvalue weighted by molar-refractivity contribution is 5.92. The van der Waals surface area contributed by atoms with Crippen LogP contribution < -0.4 is 0 Å². The second kappa shape index (κ2) is 4.51. The summed E-state index contributed by atoms with van der Waals surface area (Å²) in [7, 11) is 0. The van der Waals surface area contributed by atoms with Crippen LogP contribution in [-0.2, 0) is 0 Å². The first-order valence-electron chi connectivity index (χ1n) is 6.89. The van der Waals surface area contributed by atoms with Crippen LogP contribution >= 0.6 is 0 Å². The number of hydrogen-bond acceptors (Lipinski definition) is 4. The smallest absolute Gasteiger partial charge is 0.294 e. The maximum Gasteiger partial charge on any atom is 0.294 e. The molecular formula is C15H18N4O. The highest BCUT2D eigenvalue weighted by Crippen LogP contribution is 2.33. The average Bonchev–Trinajstić information content (AvgIpc) is 2.70. The number of fused-ring (bicyclic) bond motifs is 1. The molecule has 0 bridgehead atoms. The van der Waals surface area contributed by atoms with Gasteiger partial charge in [0.25, 0.3) is 5.91 Å². The van der Waals surface area contributed by atoms with Crippen LogP contribution in [-0.4, -0.2) is 38.1 Å². The zero-order chi connectivity index (χ0) is 14.3. The van der Waals surface area contributed by atoms with Gasteiger partial charge in [-0.25, -0.2) is 4.98 Å². The molecule has 5 heteroatoms. The molecule has 1 aliphatic rings. The van der Waals surface area contributed by atoms with Crippen molar-refractivity contribution in [1.82, 2.24) is 20.1 Å². The predicted octanol–water partition coefficient (Wildman–Crippen LogP) is 2.29. The molecule has 1 aromatic carbocycles. The summed E-state index contributed by atoms with van der Waals surface area (Å²) < 4.78 is 0. The number of rotatable bonds is 1. The van der Waals surface area contributed by atoms with E-state index in [0.717, 1.165) is 13.0 Å². The fourth-order valence-corrected chi connectivity index (χ4v) is 3.04. The van der Waals surface area contributed by atoms with Crippen LogP contribution in [0.1, 0.15) is 37.8 Å². The van der Waals surface area contributed by atoms with E-state index in [-0.39, 0.29) is 17.3 Å². The van der Waals surface area contributed by atoms with Crippen LogP contribution in [0.15, 0.2) is 24.3 Å². The molecule has 1 fully saturated rings. The number of carbonyl (C=O) groups excluding carboxylic acids is 1. The van der Waals surface area contributed by atoms with Gasteiger partial charge in [-0.15, -0.1) is 10.2 Å². The Morgan fingerprint density at radius 1 is 1.25 bits per heavy atom. The average molecular weight is 270 g/mol. The summed E-state index contributed by atoms with van der Waals surface area (Å²) in [6.07, 6.45) is 1.000. The summed E-state index contributed by atoms with van der Waals surface area (Å²) in [5.41, 5.74) is 1.26. The van der Waals surface area contributed by atoms with Crippen molar-refractivity contribution in [2.24, 2.45) is 5.92 Å². The molecule has 104 valence electrons.